The van der Waals surface area contributed by atoms with Crippen LogP contribution in [0.25, 0.3) is 0 Å². The Kier molecular flexibility index (Phi) is 6.44. The summed E-state index contributed by atoms with van der Waals surface area (Å²) in [6.07, 6.45) is -2.84. The summed E-state index contributed by atoms with van der Waals surface area (Å²) in [7, 11) is 0. The number of halogens is 3. The van der Waals surface area contributed by atoms with E-state index in [0.717, 1.165) is 4.90 Å². The molecule has 0 bridgehead atoms. The van der Waals surface area contributed by atoms with Crippen LogP contribution in [0.2, 0.25) is 0 Å². The zero-order chi connectivity index (χ0) is 16.0. The summed E-state index contributed by atoms with van der Waals surface area (Å²) < 4.78 is 37.6. The van der Waals surface area contributed by atoms with Gasteiger partial charge in [-0.15, -0.1) is 0 Å². The third-order valence-electron chi connectivity index (χ3n) is 3.39. The zero-order valence-corrected chi connectivity index (χ0v) is 12.0. The molecule has 1 amide bonds. The van der Waals surface area contributed by atoms with Gasteiger partial charge in [0.1, 0.15) is 6.54 Å². The van der Waals surface area contributed by atoms with E-state index in [-0.39, 0.29) is 19.6 Å². The molecule has 0 aliphatic carbocycles. The van der Waals surface area contributed by atoms with Crippen LogP contribution in [0.3, 0.4) is 0 Å². The third kappa shape index (κ3) is 6.33. The van der Waals surface area contributed by atoms with E-state index in [0.29, 0.717) is 25.8 Å². The number of hydrogen-bond donors (Lipinski definition) is 1. The van der Waals surface area contributed by atoms with Gasteiger partial charge in [0, 0.05) is 13.1 Å². The van der Waals surface area contributed by atoms with Crippen molar-refractivity contribution in [2.45, 2.75) is 32.4 Å². The minimum absolute atomic E-state index is 0.0633. The molecule has 0 saturated carbocycles. The number of hydrogen-bond acceptors (Lipinski definition) is 3. The van der Waals surface area contributed by atoms with Crippen LogP contribution in [0.4, 0.5) is 13.2 Å². The number of amides is 1. The maximum absolute atomic E-state index is 12.5. The topological polar surface area (TPSA) is 60.9 Å². The molecule has 1 rings (SSSR count). The van der Waals surface area contributed by atoms with E-state index in [1.54, 1.807) is 11.8 Å². The van der Waals surface area contributed by atoms with Gasteiger partial charge in [-0.2, -0.15) is 13.2 Å². The van der Waals surface area contributed by atoms with Crippen LogP contribution in [0, 0.1) is 5.92 Å². The Bertz CT molecular complexity index is 374. The molecule has 122 valence electrons. The number of carbonyl (C=O) groups excluding carboxylic acids is 1. The molecule has 1 N–H and O–H groups in total. The van der Waals surface area contributed by atoms with Gasteiger partial charge in [0.15, 0.2) is 0 Å². The van der Waals surface area contributed by atoms with E-state index < -0.39 is 30.5 Å². The van der Waals surface area contributed by atoms with Gasteiger partial charge in [-0.25, -0.2) is 0 Å². The van der Waals surface area contributed by atoms with Gasteiger partial charge in [0.2, 0.25) is 5.91 Å². The largest absolute Gasteiger partial charge is 0.480 e. The maximum atomic E-state index is 12.5. The van der Waals surface area contributed by atoms with Crippen molar-refractivity contribution in [3.63, 3.8) is 0 Å². The smallest absolute Gasteiger partial charge is 0.406 e. The quantitative estimate of drug-likeness (QED) is 0.809. The van der Waals surface area contributed by atoms with Gasteiger partial charge in [-0.05, 0) is 25.8 Å². The molecule has 1 unspecified atom stereocenters. The zero-order valence-electron chi connectivity index (χ0n) is 12.0. The fourth-order valence-corrected chi connectivity index (χ4v) is 2.60. The molecule has 1 fully saturated rings. The predicted molar refractivity (Wildman–Crippen MR) is 69.7 cm³/mol. The highest BCUT2D eigenvalue weighted by molar-refractivity contribution is 5.79. The number of rotatable bonds is 6. The van der Waals surface area contributed by atoms with E-state index in [1.807, 2.05) is 0 Å². The summed E-state index contributed by atoms with van der Waals surface area (Å²) in [6.45, 7) is 1.13. The Balaban J connectivity index is 2.66. The van der Waals surface area contributed by atoms with Gasteiger partial charge in [-0.3, -0.25) is 14.5 Å². The number of carboxylic acids is 1. The summed E-state index contributed by atoms with van der Waals surface area (Å²) in [6, 6.07) is 0. The number of likely N-dealkylation sites (tertiary alicyclic amines) is 1. The highest BCUT2D eigenvalue weighted by Crippen LogP contribution is 2.22. The number of carboxylic acid groups (broad SMARTS) is 1. The van der Waals surface area contributed by atoms with Crippen molar-refractivity contribution >= 4 is 11.9 Å². The molecule has 0 aromatic carbocycles. The first-order valence-electron chi connectivity index (χ1n) is 7.02. The van der Waals surface area contributed by atoms with Crippen molar-refractivity contribution in [3.05, 3.63) is 0 Å². The van der Waals surface area contributed by atoms with Crippen LogP contribution in [-0.2, 0) is 9.59 Å². The highest BCUT2D eigenvalue weighted by Gasteiger charge is 2.36. The Morgan fingerprint density at radius 1 is 1.38 bits per heavy atom. The van der Waals surface area contributed by atoms with Gasteiger partial charge in [0.25, 0.3) is 0 Å². The van der Waals surface area contributed by atoms with Crippen molar-refractivity contribution in [2.24, 2.45) is 5.92 Å². The first-order chi connectivity index (χ1) is 9.73. The van der Waals surface area contributed by atoms with Crippen molar-refractivity contribution in [1.82, 2.24) is 9.80 Å². The minimum Gasteiger partial charge on any atom is -0.480 e. The molecule has 1 heterocycles. The van der Waals surface area contributed by atoms with Crippen LogP contribution in [0.15, 0.2) is 0 Å². The molecule has 5 nitrogen and oxygen atoms in total. The molecular weight excluding hydrogens is 289 g/mol. The Labute approximate surface area is 121 Å². The first-order valence-corrected chi connectivity index (χ1v) is 7.02. The third-order valence-corrected chi connectivity index (χ3v) is 3.39. The monoisotopic (exact) mass is 310 g/mol. The van der Waals surface area contributed by atoms with E-state index >= 15 is 0 Å². The standard InChI is InChI=1S/C13H21F3N2O3/c1-2-5-18(9-13(14,15)16)12(21)10-4-3-6-17(7-10)8-11(19)20/h10H,2-9H2,1H3,(H,19,20). The van der Waals surface area contributed by atoms with E-state index in [4.69, 9.17) is 5.11 Å². The second-order valence-corrected chi connectivity index (χ2v) is 5.34. The van der Waals surface area contributed by atoms with Crippen molar-refractivity contribution in [2.75, 3.05) is 32.7 Å². The Morgan fingerprint density at radius 3 is 2.57 bits per heavy atom. The number of aliphatic carboxylic acids is 1. The molecule has 0 spiro atoms. The summed E-state index contributed by atoms with van der Waals surface area (Å²) in [5.41, 5.74) is 0. The predicted octanol–water partition coefficient (Wildman–Crippen LogP) is 1.58. The summed E-state index contributed by atoms with van der Waals surface area (Å²) >= 11 is 0. The Hall–Kier alpha value is -1.31. The highest BCUT2D eigenvalue weighted by atomic mass is 19.4. The average molecular weight is 310 g/mol. The average Bonchev–Trinajstić information content (AvgIpc) is 2.35. The second-order valence-electron chi connectivity index (χ2n) is 5.34. The second kappa shape index (κ2) is 7.63. The van der Waals surface area contributed by atoms with E-state index in [1.165, 1.54) is 0 Å². The molecule has 1 aliphatic rings. The molecular formula is C13H21F3N2O3. The van der Waals surface area contributed by atoms with Gasteiger partial charge < -0.3 is 10.0 Å². The SMILES string of the molecule is CCCN(CC(F)(F)F)C(=O)C1CCCN(CC(=O)O)C1. The van der Waals surface area contributed by atoms with Crippen molar-refractivity contribution < 1.29 is 27.9 Å². The van der Waals surface area contributed by atoms with Crippen LogP contribution >= 0.6 is 0 Å². The Morgan fingerprint density at radius 2 is 2.05 bits per heavy atom. The van der Waals surface area contributed by atoms with Crippen LogP contribution in [0.5, 0.6) is 0 Å². The van der Waals surface area contributed by atoms with E-state index in [2.05, 4.69) is 0 Å². The minimum atomic E-state index is -4.42. The lowest BCUT2D eigenvalue weighted by Gasteiger charge is -2.34. The van der Waals surface area contributed by atoms with E-state index in [9.17, 15) is 22.8 Å². The fraction of sp³-hybridized carbons (Fsp3) is 0.846. The number of alkyl halides is 3. The summed E-state index contributed by atoms with van der Waals surface area (Å²) in [4.78, 5) is 25.4. The van der Waals surface area contributed by atoms with Gasteiger partial charge in [-0.1, -0.05) is 6.92 Å². The molecule has 1 saturated heterocycles. The van der Waals surface area contributed by atoms with Gasteiger partial charge in [0.05, 0.1) is 12.5 Å². The van der Waals surface area contributed by atoms with Crippen LogP contribution in [0.1, 0.15) is 26.2 Å². The number of carbonyl (C=O) groups is 2. The van der Waals surface area contributed by atoms with Crippen molar-refractivity contribution in [3.8, 4) is 0 Å². The molecule has 0 aromatic heterocycles. The summed E-state index contributed by atoms with van der Waals surface area (Å²) in [5, 5.41) is 8.75. The molecule has 8 heteroatoms. The summed E-state index contributed by atoms with van der Waals surface area (Å²) in [5.74, 6) is -2.07. The molecule has 0 aromatic rings. The molecule has 1 aliphatic heterocycles. The lowest BCUT2D eigenvalue weighted by atomic mass is 9.96. The molecule has 0 radical (unpaired) electrons. The molecule has 1 atom stereocenters. The lowest BCUT2D eigenvalue weighted by molar-refractivity contribution is -0.165. The van der Waals surface area contributed by atoms with Crippen LogP contribution < -0.4 is 0 Å². The maximum Gasteiger partial charge on any atom is 0.406 e. The normalized spacial score (nSPS) is 20.3. The first kappa shape index (κ1) is 17.7. The number of nitrogens with zero attached hydrogens (tertiary/aromatic N) is 2. The molecule has 21 heavy (non-hydrogen) atoms. The van der Waals surface area contributed by atoms with Gasteiger partial charge >= 0.3 is 12.1 Å². The number of piperidine rings is 1. The van der Waals surface area contributed by atoms with Crippen LogP contribution in [-0.4, -0.2) is 65.7 Å². The van der Waals surface area contributed by atoms with Crippen molar-refractivity contribution in [1.29, 1.82) is 0 Å². The fourth-order valence-electron chi connectivity index (χ4n) is 2.60. The lowest BCUT2D eigenvalue weighted by Crippen LogP contribution is -2.48.